The van der Waals surface area contributed by atoms with Crippen molar-refractivity contribution in [1.82, 2.24) is 10.2 Å². The van der Waals surface area contributed by atoms with Crippen LogP contribution in [0.3, 0.4) is 0 Å². The lowest BCUT2D eigenvalue weighted by Crippen LogP contribution is -2.43. The molecule has 160 valence electrons. The number of hydrogen-bond donors (Lipinski definition) is 2. The normalized spacial score (nSPS) is 28.4. The number of carboxylic acid groups (broad SMARTS) is 1. The van der Waals surface area contributed by atoms with Crippen molar-refractivity contribution in [3.8, 4) is 0 Å². The molecule has 1 aliphatic carbocycles. The Bertz CT molecular complexity index is 581. The van der Waals surface area contributed by atoms with E-state index in [0.29, 0.717) is 19.5 Å². The van der Waals surface area contributed by atoms with E-state index in [1.54, 1.807) is 4.90 Å². The van der Waals surface area contributed by atoms with Crippen LogP contribution in [0.1, 0.15) is 52.4 Å². The van der Waals surface area contributed by atoms with E-state index in [9.17, 15) is 19.5 Å². The van der Waals surface area contributed by atoms with Crippen molar-refractivity contribution >= 4 is 30.4 Å². The number of likely N-dealkylation sites (tertiary alicyclic amines) is 1. The van der Waals surface area contributed by atoms with Crippen LogP contribution < -0.4 is 5.32 Å². The lowest BCUT2D eigenvalue weighted by Gasteiger charge is -2.29. The second-order valence-corrected chi connectivity index (χ2v) is 8.21. The summed E-state index contributed by atoms with van der Waals surface area (Å²) < 4.78 is 11.1. The van der Waals surface area contributed by atoms with E-state index in [1.807, 2.05) is 13.8 Å². The molecule has 2 N–H and O–H groups in total. The molecule has 0 aromatic rings. The zero-order valence-electron chi connectivity index (χ0n) is 16.5. The Morgan fingerprint density at radius 3 is 2.36 bits per heavy atom. The molecule has 3 fully saturated rings. The Labute approximate surface area is 171 Å². The molecule has 1 saturated carbocycles. The van der Waals surface area contributed by atoms with Gasteiger partial charge >= 0.3 is 18.0 Å². The Morgan fingerprint density at radius 1 is 1.07 bits per heavy atom. The van der Waals surface area contributed by atoms with Crippen LogP contribution in [0.5, 0.6) is 0 Å². The minimum Gasteiger partial charge on any atom is -0.480 e. The predicted molar refractivity (Wildman–Crippen MR) is 103 cm³/mol. The van der Waals surface area contributed by atoms with E-state index in [-0.39, 0.29) is 42.2 Å². The van der Waals surface area contributed by atoms with Gasteiger partial charge in [0, 0.05) is 24.9 Å². The maximum Gasteiger partial charge on any atom is 0.413 e. The summed E-state index contributed by atoms with van der Waals surface area (Å²) in [6.45, 7) is 4.58. The molecular formula is C19H31ClN2O6. The van der Waals surface area contributed by atoms with E-state index >= 15 is 0 Å². The lowest BCUT2D eigenvalue weighted by molar-refractivity contribution is -0.182. The number of carbonyl (C=O) groups excluding carboxylic acids is 2. The second-order valence-electron chi connectivity index (χ2n) is 8.21. The highest BCUT2D eigenvalue weighted by Gasteiger charge is 2.49. The van der Waals surface area contributed by atoms with Crippen LogP contribution in [-0.2, 0) is 19.1 Å². The van der Waals surface area contributed by atoms with Crippen LogP contribution in [0.15, 0.2) is 0 Å². The smallest absolute Gasteiger partial charge is 0.413 e. The number of hydrogen-bond acceptors (Lipinski definition) is 6. The number of aliphatic carboxylic acids is 1. The molecule has 1 amide bonds. The molecule has 8 nitrogen and oxygen atoms in total. The zero-order valence-corrected chi connectivity index (χ0v) is 17.3. The third-order valence-electron chi connectivity index (χ3n) is 6.01. The number of fused-ring (bicyclic) bond motifs is 1. The monoisotopic (exact) mass is 418 g/mol. The Morgan fingerprint density at radius 2 is 1.75 bits per heavy atom. The van der Waals surface area contributed by atoms with Crippen molar-refractivity contribution in [2.75, 3.05) is 13.1 Å². The van der Waals surface area contributed by atoms with E-state index < -0.39 is 24.4 Å². The van der Waals surface area contributed by atoms with Crippen LogP contribution >= 0.6 is 12.4 Å². The van der Waals surface area contributed by atoms with Crippen LogP contribution in [0.25, 0.3) is 0 Å². The number of ether oxygens (including phenoxy) is 2. The quantitative estimate of drug-likeness (QED) is 0.521. The number of halogens is 1. The van der Waals surface area contributed by atoms with Crippen LogP contribution in [0.4, 0.5) is 4.79 Å². The van der Waals surface area contributed by atoms with Gasteiger partial charge in [-0.3, -0.25) is 9.59 Å². The highest BCUT2D eigenvalue weighted by atomic mass is 35.5. The average Bonchev–Trinajstić information content (AvgIpc) is 3.23. The number of esters is 1. The first-order valence-corrected chi connectivity index (χ1v) is 10.0. The van der Waals surface area contributed by atoms with Crippen molar-refractivity contribution in [2.24, 2.45) is 17.8 Å². The summed E-state index contributed by atoms with van der Waals surface area (Å²) >= 11 is 0. The van der Waals surface area contributed by atoms with Crippen molar-refractivity contribution in [2.45, 2.75) is 70.7 Å². The summed E-state index contributed by atoms with van der Waals surface area (Å²) in [7, 11) is 0. The standard InChI is InChI=1S/C19H30N2O6.ClH/c1-11(2)18(26-17(24)12-6-4-3-5-7-12)27-19(25)21-9-8-13-14(21)10-20-15(13)16(22)23;/h11-15,18,20H,3-10H2,1-2H3,(H,22,23);1H. The largest absolute Gasteiger partial charge is 0.480 e. The van der Waals surface area contributed by atoms with Gasteiger partial charge in [0.05, 0.1) is 12.0 Å². The fourth-order valence-electron chi connectivity index (χ4n) is 4.44. The van der Waals surface area contributed by atoms with Crippen molar-refractivity contribution in [3.63, 3.8) is 0 Å². The second kappa shape index (κ2) is 9.78. The first kappa shape index (κ1) is 22.7. The van der Waals surface area contributed by atoms with Crippen LogP contribution in [-0.4, -0.2) is 59.5 Å². The van der Waals surface area contributed by atoms with Gasteiger partial charge in [-0.25, -0.2) is 4.79 Å². The summed E-state index contributed by atoms with van der Waals surface area (Å²) in [5.74, 6) is -1.55. The molecular weight excluding hydrogens is 388 g/mol. The average molecular weight is 419 g/mol. The van der Waals surface area contributed by atoms with Gasteiger partial charge < -0.3 is 24.8 Å². The van der Waals surface area contributed by atoms with E-state index in [0.717, 1.165) is 32.1 Å². The molecule has 0 spiro atoms. The summed E-state index contributed by atoms with van der Waals surface area (Å²) in [5, 5.41) is 12.2. The molecule has 0 bridgehead atoms. The summed E-state index contributed by atoms with van der Waals surface area (Å²) in [6, 6.07) is -0.821. The number of nitrogens with zero attached hydrogens (tertiary/aromatic N) is 1. The third-order valence-corrected chi connectivity index (χ3v) is 6.01. The lowest BCUT2D eigenvalue weighted by atomic mass is 9.89. The van der Waals surface area contributed by atoms with E-state index in [1.165, 1.54) is 0 Å². The minimum atomic E-state index is -0.921. The van der Waals surface area contributed by atoms with Gasteiger partial charge in [0.2, 0.25) is 0 Å². The molecule has 3 aliphatic rings. The fourth-order valence-corrected chi connectivity index (χ4v) is 4.44. The van der Waals surface area contributed by atoms with Gasteiger partial charge in [0.1, 0.15) is 6.04 Å². The SMILES string of the molecule is CC(C)C(OC(=O)C1CCCCC1)OC(=O)N1CCC2C(C(=O)O)NCC21.Cl. The first-order valence-electron chi connectivity index (χ1n) is 10.0. The molecule has 9 heteroatoms. The molecule has 2 saturated heterocycles. The predicted octanol–water partition coefficient (Wildman–Crippen LogP) is 2.40. The number of amides is 1. The molecule has 0 aromatic heterocycles. The third kappa shape index (κ3) is 4.89. The number of carboxylic acids is 1. The van der Waals surface area contributed by atoms with Gasteiger partial charge in [-0.1, -0.05) is 33.1 Å². The van der Waals surface area contributed by atoms with Gasteiger partial charge in [-0.05, 0) is 19.3 Å². The van der Waals surface area contributed by atoms with E-state index in [4.69, 9.17) is 9.47 Å². The molecule has 0 aromatic carbocycles. The first-order chi connectivity index (χ1) is 12.9. The van der Waals surface area contributed by atoms with Crippen LogP contribution in [0, 0.1) is 17.8 Å². The molecule has 3 rings (SSSR count). The molecule has 28 heavy (non-hydrogen) atoms. The summed E-state index contributed by atoms with van der Waals surface area (Å²) in [5.41, 5.74) is 0. The van der Waals surface area contributed by atoms with E-state index in [2.05, 4.69) is 5.32 Å². The van der Waals surface area contributed by atoms with Gasteiger partial charge in [0.25, 0.3) is 6.29 Å². The van der Waals surface area contributed by atoms with Crippen molar-refractivity contribution in [1.29, 1.82) is 0 Å². The highest BCUT2D eigenvalue weighted by Crippen LogP contribution is 2.32. The molecule has 0 radical (unpaired) electrons. The van der Waals surface area contributed by atoms with Gasteiger partial charge in [-0.2, -0.15) is 0 Å². The number of carbonyl (C=O) groups is 3. The maximum absolute atomic E-state index is 12.7. The highest BCUT2D eigenvalue weighted by molar-refractivity contribution is 5.85. The maximum atomic E-state index is 12.7. The van der Waals surface area contributed by atoms with Gasteiger partial charge in [0.15, 0.2) is 0 Å². The van der Waals surface area contributed by atoms with Gasteiger partial charge in [-0.15, -0.1) is 12.4 Å². The molecule has 2 heterocycles. The van der Waals surface area contributed by atoms with Crippen LogP contribution in [0.2, 0.25) is 0 Å². The Kier molecular flexibility index (Phi) is 7.95. The number of rotatable bonds is 5. The Hall–Kier alpha value is -1.54. The van der Waals surface area contributed by atoms with Crippen molar-refractivity contribution in [3.05, 3.63) is 0 Å². The molecule has 2 aliphatic heterocycles. The minimum absolute atomic E-state index is 0. The summed E-state index contributed by atoms with van der Waals surface area (Å²) in [6.07, 6.45) is 4.03. The topological polar surface area (TPSA) is 105 Å². The summed E-state index contributed by atoms with van der Waals surface area (Å²) in [4.78, 5) is 38.0. The fraction of sp³-hybridized carbons (Fsp3) is 0.842. The molecule has 4 unspecified atom stereocenters. The zero-order chi connectivity index (χ0) is 19.6. The molecule has 4 atom stereocenters. The van der Waals surface area contributed by atoms with Crippen molar-refractivity contribution < 1.29 is 29.0 Å². The Balaban J connectivity index is 0.00000280. The number of nitrogens with one attached hydrogen (secondary N) is 1.